The Bertz CT molecular complexity index is 972. The summed E-state index contributed by atoms with van der Waals surface area (Å²) in [7, 11) is 0. The maximum absolute atomic E-state index is 5.29. The van der Waals surface area contributed by atoms with Crippen LogP contribution in [0.5, 0.6) is 0 Å². The Balaban J connectivity index is 1.67. The van der Waals surface area contributed by atoms with Crippen LogP contribution >= 0.6 is 12.2 Å². The number of aryl methyl sites for hydroxylation is 2. The Morgan fingerprint density at radius 1 is 1.07 bits per heavy atom. The number of unbranched alkanes of at least 4 members (excludes halogenated alkanes) is 1. The first-order valence-electron chi connectivity index (χ1n) is 10.0. The third-order valence-electron chi connectivity index (χ3n) is 4.89. The van der Waals surface area contributed by atoms with Gasteiger partial charge in [0.05, 0.1) is 6.21 Å². The van der Waals surface area contributed by atoms with Crippen molar-refractivity contribution in [2.45, 2.75) is 40.0 Å². The number of para-hydroxylation sites is 1. The normalized spacial score (nSPS) is 11.0. The molecular formula is C24H28N4S. The summed E-state index contributed by atoms with van der Waals surface area (Å²) < 4.78 is 2.26. The number of nitrogens with one attached hydrogen (secondary N) is 2. The van der Waals surface area contributed by atoms with E-state index < -0.39 is 0 Å². The molecule has 150 valence electrons. The van der Waals surface area contributed by atoms with Crippen LogP contribution in [-0.4, -0.2) is 15.9 Å². The average molecular weight is 405 g/mol. The van der Waals surface area contributed by atoms with Crippen LogP contribution in [0, 0.1) is 13.8 Å². The van der Waals surface area contributed by atoms with E-state index >= 15 is 0 Å². The molecule has 1 aromatic heterocycles. The van der Waals surface area contributed by atoms with Crippen molar-refractivity contribution in [1.29, 1.82) is 0 Å². The minimum atomic E-state index is 0.462. The fourth-order valence-electron chi connectivity index (χ4n) is 3.35. The number of aromatic nitrogens is 1. The van der Waals surface area contributed by atoms with Gasteiger partial charge in [-0.3, -0.25) is 5.43 Å². The van der Waals surface area contributed by atoms with Gasteiger partial charge in [0.25, 0.3) is 0 Å². The van der Waals surface area contributed by atoms with Gasteiger partial charge in [-0.15, -0.1) is 0 Å². The van der Waals surface area contributed by atoms with E-state index in [1.165, 1.54) is 29.8 Å². The van der Waals surface area contributed by atoms with Crippen LogP contribution in [0.4, 0.5) is 5.69 Å². The van der Waals surface area contributed by atoms with Crippen LogP contribution in [0.1, 0.15) is 42.3 Å². The van der Waals surface area contributed by atoms with Crippen LogP contribution in [0.2, 0.25) is 0 Å². The minimum Gasteiger partial charge on any atom is -0.331 e. The standard InChI is InChI=1S/C24H28N4S/c1-4-5-9-20-12-14-23(15-13-20)28-18(2)16-21(19(28)3)17-25-27-24(29)26-22-10-7-6-8-11-22/h6-8,10-17H,4-5,9H2,1-3H3,(H2,26,27,29)/b25-17-. The Morgan fingerprint density at radius 2 is 1.79 bits per heavy atom. The van der Waals surface area contributed by atoms with Gasteiger partial charge in [0, 0.05) is 28.3 Å². The highest BCUT2D eigenvalue weighted by molar-refractivity contribution is 7.80. The van der Waals surface area contributed by atoms with Crippen LogP contribution in [-0.2, 0) is 6.42 Å². The molecule has 1 heterocycles. The van der Waals surface area contributed by atoms with Gasteiger partial charge < -0.3 is 9.88 Å². The highest BCUT2D eigenvalue weighted by Gasteiger charge is 2.09. The number of nitrogens with zero attached hydrogens (tertiary/aromatic N) is 2. The van der Waals surface area contributed by atoms with Crippen molar-refractivity contribution in [3.8, 4) is 5.69 Å². The number of anilines is 1. The minimum absolute atomic E-state index is 0.462. The molecule has 5 heteroatoms. The van der Waals surface area contributed by atoms with Crippen molar-refractivity contribution in [1.82, 2.24) is 9.99 Å². The first kappa shape index (κ1) is 20.8. The van der Waals surface area contributed by atoms with E-state index in [4.69, 9.17) is 12.2 Å². The molecule has 0 spiro atoms. The zero-order valence-electron chi connectivity index (χ0n) is 17.3. The van der Waals surface area contributed by atoms with E-state index in [0.717, 1.165) is 23.4 Å². The topological polar surface area (TPSA) is 41.4 Å². The largest absolute Gasteiger partial charge is 0.331 e. The number of hydrazone groups is 1. The van der Waals surface area contributed by atoms with Gasteiger partial charge in [0.15, 0.2) is 5.11 Å². The maximum atomic E-state index is 5.29. The zero-order chi connectivity index (χ0) is 20.6. The Hall–Kier alpha value is -2.92. The molecule has 29 heavy (non-hydrogen) atoms. The molecule has 3 aromatic rings. The SMILES string of the molecule is CCCCc1ccc(-n2c(C)cc(/C=N\NC(=S)Nc3ccccc3)c2C)cc1. The molecule has 0 unspecified atom stereocenters. The second kappa shape index (κ2) is 10.0. The lowest BCUT2D eigenvalue weighted by Crippen LogP contribution is -2.23. The van der Waals surface area contributed by atoms with Crippen molar-refractivity contribution in [3.63, 3.8) is 0 Å². The van der Waals surface area contributed by atoms with Gasteiger partial charge in [-0.2, -0.15) is 5.10 Å². The predicted octanol–water partition coefficient (Wildman–Crippen LogP) is 5.76. The third-order valence-corrected chi connectivity index (χ3v) is 5.08. The van der Waals surface area contributed by atoms with Crippen molar-refractivity contribution in [2.24, 2.45) is 5.10 Å². The van der Waals surface area contributed by atoms with Crippen LogP contribution in [0.3, 0.4) is 0 Å². The van der Waals surface area contributed by atoms with E-state index in [1.54, 1.807) is 0 Å². The van der Waals surface area contributed by atoms with Crippen LogP contribution in [0.25, 0.3) is 5.69 Å². The highest BCUT2D eigenvalue weighted by atomic mass is 32.1. The molecule has 0 aliphatic rings. The fraction of sp³-hybridized carbons (Fsp3) is 0.250. The van der Waals surface area contributed by atoms with Gasteiger partial charge in [-0.25, -0.2) is 0 Å². The lowest BCUT2D eigenvalue weighted by atomic mass is 10.1. The molecule has 0 radical (unpaired) electrons. The van der Waals surface area contributed by atoms with Gasteiger partial charge in [-0.1, -0.05) is 43.7 Å². The van der Waals surface area contributed by atoms with Gasteiger partial charge in [0.1, 0.15) is 0 Å². The van der Waals surface area contributed by atoms with E-state index in [9.17, 15) is 0 Å². The smallest absolute Gasteiger partial charge is 0.191 e. The molecule has 0 saturated heterocycles. The summed E-state index contributed by atoms with van der Waals surface area (Å²) >= 11 is 5.29. The molecule has 0 aliphatic heterocycles. The molecule has 0 amide bonds. The summed E-state index contributed by atoms with van der Waals surface area (Å²) in [5.41, 5.74) is 9.77. The van der Waals surface area contributed by atoms with E-state index in [1.807, 2.05) is 36.5 Å². The van der Waals surface area contributed by atoms with Crippen molar-refractivity contribution < 1.29 is 0 Å². The molecule has 0 fully saturated rings. The Labute approximate surface area is 178 Å². The Morgan fingerprint density at radius 3 is 2.48 bits per heavy atom. The summed E-state index contributed by atoms with van der Waals surface area (Å²) in [6, 6.07) is 20.8. The molecule has 0 atom stereocenters. The highest BCUT2D eigenvalue weighted by Crippen LogP contribution is 2.20. The molecular weight excluding hydrogens is 376 g/mol. The second-order valence-corrected chi connectivity index (χ2v) is 7.53. The molecule has 0 aliphatic carbocycles. The fourth-order valence-corrected chi connectivity index (χ4v) is 3.52. The molecule has 3 rings (SSSR count). The summed E-state index contributed by atoms with van der Waals surface area (Å²) in [6.07, 6.45) is 5.41. The number of thiocarbonyl (C=S) groups is 1. The summed E-state index contributed by atoms with van der Waals surface area (Å²) in [4.78, 5) is 0. The molecule has 2 N–H and O–H groups in total. The summed E-state index contributed by atoms with van der Waals surface area (Å²) in [5.74, 6) is 0. The number of benzene rings is 2. The van der Waals surface area contributed by atoms with Crippen LogP contribution < -0.4 is 10.7 Å². The maximum Gasteiger partial charge on any atom is 0.191 e. The molecule has 0 saturated carbocycles. The molecule has 0 bridgehead atoms. The summed E-state index contributed by atoms with van der Waals surface area (Å²) in [5, 5.41) is 7.87. The quantitative estimate of drug-likeness (QED) is 0.299. The van der Waals surface area contributed by atoms with Gasteiger partial charge in [0.2, 0.25) is 0 Å². The van der Waals surface area contributed by atoms with E-state index in [0.29, 0.717) is 5.11 Å². The number of rotatable bonds is 7. The molecule has 4 nitrogen and oxygen atoms in total. The average Bonchev–Trinajstić information content (AvgIpc) is 3.01. The Kier molecular flexibility index (Phi) is 7.19. The van der Waals surface area contributed by atoms with Crippen molar-refractivity contribution >= 4 is 29.2 Å². The van der Waals surface area contributed by atoms with Gasteiger partial charge >= 0.3 is 0 Å². The first-order chi connectivity index (χ1) is 14.1. The monoisotopic (exact) mass is 404 g/mol. The predicted molar refractivity (Wildman–Crippen MR) is 127 cm³/mol. The first-order valence-corrected chi connectivity index (χ1v) is 10.4. The number of hydrogen-bond donors (Lipinski definition) is 2. The van der Waals surface area contributed by atoms with E-state index in [2.05, 4.69) is 71.5 Å². The zero-order valence-corrected chi connectivity index (χ0v) is 18.1. The second-order valence-electron chi connectivity index (χ2n) is 7.12. The van der Waals surface area contributed by atoms with Gasteiger partial charge in [-0.05, 0) is 74.8 Å². The lowest BCUT2D eigenvalue weighted by molar-refractivity contribution is 0.794. The van der Waals surface area contributed by atoms with Crippen molar-refractivity contribution in [2.75, 3.05) is 5.32 Å². The number of hydrogen-bond acceptors (Lipinski definition) is 2. The summed E-state index contributed by atoms with van der Waals surface area (Å²) in [6.45, 7) is 6.45. The lowest BCUT2D eigenvalue weighted by Gasteiger charge is -2.10. The third kappa shape index (κ3) is 5.55. The van der Waals surface area contributed by atoms with Crippen LogP contribution in [0.15, 0.2) is 65.8 Å². The molecule has 2 aromatic carbocycles. The van der Waals surface area contributed by atoms with Crippen molar-refractivity contribution in [3.05, 3.63) is 83.2 Å². The van der Waals surface area contributed by atoms with E-state index in [-0.39, 0.29) is 0 Å².